The Morgan fingerprint density at radius 2 is 1.77 bits per heavy atom. The van der Waals surface area contributed by atoms with Gasteiger partial charge in [0.05, 0.1) is 35.0 Å². The second kappa shape index (κ2) is 12.6. The first kappa shape index (κ1) is 29.4. The second-order valence-corrected chi connectivity index (χ2v) is 13.5. The van der Waals surface area contributed by atoms with Gasteiger partial charge in [0.2, 0.25) is 0 Å². The first-order valence-electron chi connectivity index (χ1n) is 16.5. The molecule has 1 saturated carbocycles. The number of hydrogen-bond acceptors (Lipinski definition) is 8. The standard InChI is InChI=1S/C32H45ClN10O/c33-26-21-37-30-28(29(34)39-43(30)32(26)11-6-4-2-1-3-5-7-12-32)31(44)38-24-20-35-13-8-25(24)40-15-9-23(10-16-40)42-19-18-41-17-14-36-27(41)22-42/h8,13-14,17,20,23,26,37H,1-7,9-12,15-16,18-19,21-22H2,(H2,34,39)(H,38,44). The summed E-state index contributed by atoms with van der Waals surface area (Å²) in [5.74, 6) is 1.80. The summed E-state index contributed by atoms with van der Waals surface area (Å²) in [6.07, 6.45) is 19.9. The molecule has 4 N–H and O–H groups in total. The van der Waals surface area contributed by atoms with Crippen molar-refractivity contribution in [2.24, 2.45) is 0 Å². The highest BCUT2D eigenvalue weighted by molar-refractivity contribution is 6.22. The van der Waals surface area contributed by atoms with Crippen LogP contribution in [0.2, 0.25) is 0 Å². The van der Waals surface area contributed by atoms with E-state index in [0.29, 0.717) is 29.7 Å². The zero-order valence-electron chi connectivity index (χ0n) is 25.6. The topological polar surface area (TPSA) is 122 Å². The highest BCUT2D eigenvalue weighted by Crippen LogP contribution is 2.44. The molecule has 7 rings (SSSR count). The van der Waals surface area contributed by atoms with E-state index in [1.807, 2.05) is 16.9 Å². The minimum atomic E-state index is -0.344. The maximum atomic E-state index is 13.9. The predicted octanol–water partition coefficient (Wildman–Crippen LogP) is 5.05. The van der Waals surface area contributed by atoms with Gasteiger partial charge in [0.1, 0.15) is 17.2 Å². The van der Waals surface area contributed by atoms with Gasteiger partial charge in [-0.15, -0.1) is 11.6 Å². The van der Waals surface area contributed by atoms with Crippen molar-refractivity contribution in [3.63, 3.8) is 0 Å². The summed E-state index contributed by atoms with van der Waals surface area (Å²) in [7, 11) is 0. The molecule has 3 aliphatic heterocycles. The minimum Gasteiger partial charge on any atom is -0.381 e. The quantitative estimate of drug-likeness (QED) is 0.347. The summed E-state index contributed by atoms with van der Waals surface area (Å²) in [5, 5.41) is 11.2. The lowest BCUT2D eigenvalue weighted by molar-refractivity contribution is 0.102. The van der Waals surface area contributed by atoms with Crippen LogP contribution in [0.5, 0.6) is 0 Å². The van der Waals surface area contributed by atoms with Crippen molar-refractivity contribution in [1.82, 2.24) is 29.2 Å². The maximum Gasteiger partial charge on any atom is 0.263 e. The zero-order chi connectivity index (χ0) is 30.1. The molecular weight excluding hydrogens is 576 g/mol. The summed E-state index contributed by atoms with van der Waals surface area (Å²) < 4.78 is 4.23. The van der Waals surface area contributed by atoms with Gasteiger partial charge in [-0.2, -0.15) is 5.10 Å². The van der Waals surface area contributed by atoms with E-state index in [2.05, 4.69) is 41.2 Å². The summed E-state index contributed by atoms with van der Waals surface area (Å²) in [4.78, 5) is 27.8. The van der Waals surface area contributed by atoms with Crippen LogP contribution in [0.3, 0.4) is 0 Å². The molecule has 44 heavy (non-hydrogen) atoms. The van der Waals surface area contributed by atoms with Crippen LogP contribution < -0.4 is 21.3 Å². The Balaban J connectivity index is 1.07. The van der Waals surface area contributed by atoms with Gasteiger partial charge in [0.15, 0.2) is 5.82 Å². The molecule has 1 unspecified atom stereocenters. The SMILES string of the molecule is Nc1nn2c(c1C(=O)Nc1cnccc1N1CCC(N3CCn4ccnc4C3)CC1)NCC(Cl)C21CCCCCCCCC1. The molecule has 6 heterocycles. The van der Waals surface area contributed by atoms with E-state index < -0.39 is 0 Å². The number of imidazole rings is 1. The van der Waals surface area contributed by atoms with Gasteiger partial charge in [0, 0.05) is 57.4 Å². The van der Waals surface area contributed by atoms with Crippen molar-refractivity contribution in [3.05, 3.63) is 42.2 Å². The van der Waals surface area contributed by atoms with Crippen LogP contribution in [0.25, 0.3) is 0 Å². The normalized spacial score (nSPS) is 23.0. The van der Waals surface area contributed by atoms with Gasteiger partial charge in [0.25, 0.3) is 5.91 Å². The number of aromatic nitrogens is 5. The van der Waals surface area contributed by atoms with Gasteiger partial charge in [-0.1, -0.05) is 44.9 Å². The van der Waals surface area contributed by atoms with Crippen LogP contribution >= 0.6 is 11.6 Å². The minimum absolute atomic E-state index is 0.121. The third kappa shape index (κ3) is 5.53. The summed E-state index contributed by atoms with van der Waals surface area (Å²) in [5.41, 5.74) is 8.24. The fourth-order valence-electron chi connectivity index (χ4n) is 7.97. The summed E-state index contributed by atoms with van der Waals surface area (Å²) in [6.45, 7) is 5.37. The van der Waals surface area contributed by atoms with E-state index in [1.165, 1.54) is 32.1 Å². The van der Waals surface area contributed by atoms with Crippen molar-refractivity contribution < 1.29 is 4.79 Å². The molecule has 1 saturated heterocycles. The molecule has 11 nitrogen and oxygen atoms in total. The zero-order valence-corrected chi connectivity index (χ0v) is 26.3. The van der Waals surface area contributed by atoms with Gasteiger partial charge in [-0.3, -0.25) is 14.7 Å². The largest absolute Gasteiger partial charge is 0.381 e. The molecule has 3 aromatic heterocycles. The highest BCUT2D eigenvalue weighted by Gasteiger charge is 2.46. The number of nitrogen functional groups attached to an aromatic ring is 1. The third-order valence-electron chi connectivity index (χ3n) is 10.5. The molecule has 0 aromatic carbocycles. The molecule has 1 amide bonds. The lowest BCUT2D eigenvalue weighted by atomic mass is 9.81. The van der Waals surface area contributed by atoms with Crippen LogP contribution in [0.15, 0.2) is 30.9 Å². The summed E-state index contributed by atoms with van der Waals surface area (Å²) >= 11 is 7.07. The van der Waals surface area contributed by atoms with Crippen LogP contribution in [0.4, 0.5) is 23.0 Å². The van der Waals surface area contributed by atoms with E-state index >= 15 is 0 Å². The number of fused-ring (bicyclic) bond motifs is 3. The summed E-state index contributed by atoms with van der Waals surface area (Å²) in [6, 6.07) is 2.52. The smallest absolute Gasteiger partial charge is 0.263 e. The molecule has 1 spiro atoms. The van der Waals surface area contributed by atoms with Gasteiger partial charge < -0.3 is 25.8 Å². The first-order chi connectivity index (χ1) is 21.5. The van der Waals surface area contributed by atoms with Crippen molar-refractivity contribution in [2.75, 3.05) is 47.4 Å². The van der Waals surface area contributed by atoms with E-state index in [-0.39, 0.29) is 22.6 Å². The molecule has 0 bridgehead atoms. The number of rotatable bonds is 4. The van der Waals surface area contributed by atoms with E-state index in [0.717, 1.165) is 82.8 Å². The van der Waals surface area contributed by atoms with Crippen molar-refractivity contribution in [1.29, 1.82) is 0 Å². The van der Waals surface area contributed by atoms with E-state index in [4.69, 9.17) is 22.4 Å². The molecule has 3 aromatic rings. The predicted molar refractivity (Wildman–Crippen MR) is 174 cm³/mol. The Morgan fingerprint density at radius 1 is 1.02 bits per heavy atom. The molecule has 0 radical (unpaired) electrons. The van der Waals surface area contributed by atoms with Crippen molar-refractivity contribution >= 4 is 40.5 Å². The third-order valence-corrected chi connectivity index (χ3v) is 11.0. The molecular formula is C32H45ClN10O. The number of anilines is 4. The number of amides is 1. The molecule has 12 heteroatoms. The van der Waals surface area contributed by atoms with Crippen LogP contribution in [0, 0.1) is 0 Å². The number of carbonyl (C=O) groups excluding carboxylic acids is 1. The molecule has 1 aliphatic carbocycles. The monoisotopic (exact) mass is 620 g/mol. The van der Waals surface area contributed by atoms with Gasteiger partial charge in [-0.25, -0.2) is 9.67 Å². The Kier molecular flexibility index (Phi) is 8.41. The molecule has 2 fully saturated rings. The highest BCUT2D eigenvalue weighted by atomic mass is 35.5. The Bertz CT molecular complexity index is 1450. The van der Waals surface area contributed by atoms with Gasteiger partial charge in [-0.05, 0) is 31.7 Å². The van der Waals surface area contributed by atoms with Crippen molar-refractivity contribution in [2.45, 2.75) is 101 Å². The van der Waals surface area contributed by atoms with Crippen LogP contribution in [-0.2, 0) is 18.6 Å². The molecule has 1 atom stereocenters. The maximum absolute atomic E-state index is 13.9. The molecule has 4 aliphatic rings. The second-order valence-electron chi connectivity index (χ2n) is 13.0. The average Bonchev–Trinajstić information content (AvgIpc) is 3.66. The Labute approximate surface area is 264 Å². The Morgan fingerprint density at radius 3 is 2.55 bits per heavy atom. The number of hydrogen-bond donors (Lipinski definition) is 3. The number of nitrogens with one attached hydrogen (secondary N) is 2. The Hall–Kier alpha value is -3.31. The number of pyridine rings is 1. The average molecular weight is 621 g/mol. The fraction of sp³-hybridized carbons (Fsp3) is 0.625. The van der Waals surface area contributed by atoms with E-state index in [9.17, 15) is 4.79 Å². The van der Waals surface area contributed by atoms with Crippen LogP contribution in [-0.4, -0.2) is 72.7 Å². The lowest BCUT2D eigenvalue weighted by Gasteiger charge is -2.43. The number of nitrogens with two attached hydrogens (primary N) is 1. The number of halogens is 1. The van der Waals surface area contributed by atoms with Crippen molar-refractivity contribution in [3.8, 4) is 0 Å². The number of alkyl halides is 1. The van der Waals surface area contributed by atoms with E-state index in [1.54, 1.807) is 12.4 Å². The van der Waals surface area contributed by atoms with Gasteiger partial charge >= 0.3 is 0 Å². The van der Waals surface area contributed by atoms with Crippen LogP contribution in [0.1, 0.15) is 86.8 Å². The lowest BCUT2D eigenvalue weighted by Crippen LogP contribution is -2.50. The first-order valence-corrected chi connectivity index (χ1v) is 17.0. The fourth-order valence-corrected chi connectivity index (χ4v) is 8.36. The number of carbonyl (C=O) groups is 1. The number of nitrogens with zero attached hydrogens (tertiary/aromatic N) is 7. The number of piperidine rings is 1. The molecule has 236 valence electrons.